The average Bonchev–Trinajstić information content (AvgIpc) is 2.62. The van der Waals surface area contributed by atoms with Gasteiger partial charge < -0.3 is 5.32 Å². The fraction of sp³-hybridized carbons (Fsp3) is 0.0556. The highest BCUT2D eigenvalue weighted by molar-refractivity contribution is 9.10. The number of benzene rings is 2. The second kappa shape index (κ2) is 7.47. The largest absolute Gasteiger partial charge is 0.339 e. The van der Waals surface area contributed by atoms with Crippen LogP contribution < -0.4 is 5.32 Å². The van der Waals surface area contributed by atoms with Crippen molar-refractivity contribution in [2.75, 3.05) is 11.6 Å². The predicted octanol–water partition coefficient (Wildman–Crippen LogP) is 5.24. The smallest absolute Gasteiger partial charge is 0.189 e. The molecule has 0 atom stereocenters. The Bertz CT molecular complexity index is 907. The number of anilines is 2. The summed E-state index contributed by atoms with van der Waals surface area (Å²) < 4.78 is 0.952. The second-order valence-electron chi connectivity index (χ2n) is 4.90. The van der Waals surface area contributed by atoms with E-state index in [0.29, 0.717) is 22.2 Å². The van der Waals surface area contributed by atoms with Gasteiger partial charge in [-0.15, -0.1) is 0 Å². The Balaban J connectivity index is 2.13. The topological polar surface area (TPSA) is 61.6 Å². The van der Waals surface area contributed by atoms with E-state index in [1.54, 1.807) is 0 Å². The molecule has 0 unspecified atom stereocenters. The van der Waals surface area contributed by atoms with E-state index in [0.717, 1.165) is 15.7 Å². The van der Waals surface area contributed by atoms with E-state index in [4.69, 9.17) is 0 Å². The van der Waals surface area contributed by atoms with Gasteiger partial charge in [0.15, 0.2) is 11.0 Å². The summed E-state index contributed by atoms with van der Waals surface area (Å²) >= 11 is 4.89. The molecule has 1 aromatic heterocycles. The molecule has 0 bridgehead atoms. The van der Waals surface area contributed by atoms with Crippen LogP contribution in [-0.2, 0) is 0 Å². The molecule has 3 rings (SSSR count). The summed E-state index contributed by atoms with van der Waals surface area (Å²) in [6.45, 7) is 0. The summed E-state index contributed by atoms with van der Waals surface area (Å²) in [7, 11) is 0. The molecule has 0 aliphatic carbocycles. The molecule has 3 aromatic rings. The Kier molecular flexibility index (Phi) is 5.14. The maximum absolute atomic E-state index is 9.67. The zero-order valence-electron chi connectivity index (χ0n) is 12.8. The first kappa shape index (κ1) is 16.5. The van der Waals surface area contributed by atoms with Crippen molar-refractivity contribution in [3.8, 4) is 17.3 Å². The third-order valence-corrected chi connectivity index (χ3v) is 4.36. The first-order chi connectivity index (χ1) is 11.7. The van der Waals surface area contributed by atoms with E-state index < -0.39 is 0 Å². The Morgan fingerprint density at radius 2 is 1.88 bits per heavy atom. The summed E-state index contributed by atoms with van der Waals surface area (Å²) in [5, 5.41) is 13.5. The molecule has 1 heterocycles. The summed E-state index contributed by atoms with van der Waals surface area (Å²) in [6, 6.07) is 19.6. The highest BCUT2D eigenvalue weighted by atomic mass is 79.9. The van der Waals surface area contributed by atoms with E-state index in [2.05, 4.69) is 37.3 Å². The average molecular weight is 397 g/mol. The van der Waals surface area contributed by atoms with Crippen molar-refractivity contribution in [2.45, 2.75) is 5.16 Å². The fourth-order valence-corrected chi connectivity index (χ4v) is 3.00. The molecule has 0 saturated heterocycles. The van der Waals surface area contributed by atoms with Crippen LogP contribution in [0.2, 0.25) is 0 Å². The van der Waals surface area contributed by atoms with Crippen molar-refractivity contribution in [2.24, 2.45) is 0 Å². The molecule has 0 amide bonds. The Morgan fingerprint density at radius 3 is 2.54 bits per heavy atom. The zero-order valence-corrected chi connectivity index (χ0v) is 15.2. The van der Waals surface area contributed by atoms with Gasteiger partial charge in [0.05, 0.1) is 5.69 Å². The Morgan fingerprint density at radius 1 is 1.08 bits per heavy atom. The minimum absolute atomic E-state index is 0.430. The van der Waals surface area contributed by atoms with Gasteiger partial charge in [0.2, 0.25) is 0 Å². The Labute approximate surface area is 153 Å². The maximum Gasteiger partial charge on any atom is 0.189 e. The Hall–Kier alpha value is -2.36. The second-order valence-corrected chi connectivity index (χ2v) is 6.58. The molecule has 0 saturated carbocycles. The van der Waals surface area contributed by atoms with E-state index in [-0.39, 0.29) is 0 Å². The van der Waals surface area contributed by atoms with Gasteiger partial charge in [-0.25, -0.2) is 9.97 Å². The minimum atomic E-state index is 0.430. The molecular weight excluding hydrogens is 384 g/mol. The van der Waals surface area contributed by atoms with Crippen molar-refractivity contribution in [3.63, 3.8) is 0 Å². The summed E-state index contributed by atoms with van der Waals surface area (Å²) in [5.41, 5.74) is 2.81. The van der Waals surface area contributed by atoms with Gasteiger partial charge in [-0.1, -0.05) is 64.1 Å². The van der Waals surface area contributed by atoms with Gasteiger partial charge in [-0.2, -0.15) is 5.26 Å². The van der Waals surface area contributed by atoms with Crippen molar-refractivity contribution < 1.29 is 0 Å². The number of rotatable bonds is 4. The first-order valence-electron chi connectivity index (χ1n) is 7.15. The molecule has 4 nitrogen and oxygen atoms in total. The predicted molar refractivity (Wildman–Crippen MR) is 101 cm³/mol. The van der Waals surface area contributed by atoms with Crippen LogP contribution in [0.4, 0.5) is 11.5 Å². The number of thioether (sulfide) groups is 1. The van der Waals surface area contributed by atoms with Crippen LogP contribution >= 0.6 is 27.7 Å². The number of nitrogens with zero attached hydrogens (tertiary/aromatic N) is 3. The van der Waals surface area contributed by atoms with Crippen LogP contribution in [0.15, 0.2) is 64.2 Å². The normalized spacial score (nSPS) is 10.2. The molecule has 0 aliphatic rings. The van der Waals surface area contributed by atoms with Gasteiger partial charge in [-0.3, -0.25) is 0 Å². The van der Waals surface area contributed by atoms with Crippen LogP contribution in [0.5, 0.6) is 0 Å². The SMILES string of the molecule is CSc1nc(Nc2cccc(Br)c2)c(C#N)c(-c2ccccc2)n1. The molecule has 24 heavy (non-hydrogen) atoms. The lowest BCUT2D eigenvalue weighted by molar-refractivity contribution is 0.975. The number of nitriles is 1. The summed E-state index contributed by atoms with van der Waals surface area (Å²) in [4.78, 5) is 9.01. The van der Waals surface area contributed by atoms with Crippen molar-refractivity contribution in [1.29, 1.82) is 5.26 Å². The van der Waals surface area contributed by atoms with Crippen LogP contribution in [0.25, 0.3) is 11.3 Å². The van der Waals surface area contributed by atoms with Crippen LogP contribution in [0.1, 0.15) is 5.56 Å². The monoisotopic (exact) mass is 396 g/mol. The maximum atomic E-state index is 9.67. The van der Waals surface area contributed by atoms with Gasteiger partial charge in [0.1, 0.15) is 11.6 Å². The molecule has 0 aliphatic heterocycles. The zero-order chi connectivity index (χ0) is 16.9. The first-order valence-corrected chi connectivity index (χ1v) is 9.17. The van der Waals surface area contributed by atoms with E-state index in [1.165, 1.54) is 11.8 Å². The molecule has 0 spiro atoms. The molecule has 0 fully saturated rings. The number of nitrogens with one attached hydrogen (secondary N) is 1. The summed E-state index contributed by atoms with van der Waals surface area (Å²) in [5.74, 6) is 0.508. The fourth-order valence-electron chi connectivity index (χ4n) is 2.24. The van der Waals surface area contributed by atoms with Gasteiger partial charge in [0.25, 0.3) is 0 Å². The molecule has 118 valence electrons. The molecule has 0 radical (unpaired) electrons. The van der Waals surface area contributed by atoms with E-state index in [9.17, 15) is 5.26 Å². The van der Waals surface area contributed by atoms with Gasteiger partial charge in [-0.05, 0) is 24.5 Å². The van der Waals surface area contributed by atoms with Crippen LogP contribution in [0, 0.1) is 11.3 Å². The molecule has 6 heteroatoms. The third kappa shape index (κ3) is 3.58. The highest BCUT2D eigenvalue weighted by Gasteiger charge is 2.16. The van der Waals surface area contributed by atoms with Crippen LogP contribution in [-0.4, -0.2) is 16.2 Å². The third-order valence-electron chi connectivity index (χ3n) is 3.32. The quantitative estimate of drug-likeness (QED) is 0.482. The van der Waals surface area contributed by atoms with E-state index >= 15 is 0 Å². The van der Waals surface area contributed by atoms with Crippen molar-refractivity contribution >= 4 is 39.2 Å². The lowest BCUT2D eigenvalue weighted by Gasteiger charge is -2.12. The standard InChI is InChI=1S/C18H13BrN4S/c1-24-18-22-16(12-6-3-2-4-7-12)15(11-20)17(23-18)21-14-9-5-8-13(19)10-14/h2-10H,1H3,(H,21,22,23). The van der Waals surface area contributed by atoms with Crippen molar-refractivity contribution in [3.05, 3.63) is 64.6 Å². The van der Waals surface area contributed by atoms with E-state index in [1.807, 2.05) is 60.9 Å². The lowest BCUT2D eigenvalue weighted by Crippen LogP contribution is -2.03. The van der Waals surface area contributed by atoms with Gasteiger partial charge >= 0.3 is 0 Å². The minimum Gasteiger partial charge on any atom is -0.339 e. The number of hydrogen-bond acceptors (Lipinski definition) is 5. The molecule has 2 aromatic carbocycles. The summed E-state index contributed by atoms with van der Waals surface area (Å²) in [6.07, 6.45) is 1.92. The van der Waals surface area contributed by atoms with Gasteiger partial charge in [0, 0.05) is 15.7 Å². The number of halogens is 1. The number of aromatic nitrogens is 2. The number of hydrogen-bond donors (Lipinski definition) is 1. The van der Waals surface area contributed by atoms with Crippen molar-refractivity contribution in [1.82, 2.24) is 9.97 Å². The van der Waals surface area contributed by atoms with Crippen LogP contribution in [0.3, 0.4) is 0 Å². The lowest BCUT2D eigenvalue weighted by atomic mass is 10.1. The molecular formula is C18H13BrN4S. The highest BCUT2D eigenvalue weighted by Crippen LogP contribution is 2.30. The molecule has 1 N–H and O–H groups in total.